The van der Waals surface area contributed by atoms with E-state index >= 15 is 0 Å². The van der Waals surface area contributed by atoms with Crippen molar-refractivity contribution in [3.63, 3.8) is 0 Å². The van der Waals surface area contributed by atoms with Crippen LogP contribution in [0.15, 0.2) is 30.6 Å². The number of amides is 1. The Kier molecular flexibility index (Phi) is 5.40. The zero-order valence-electron chi connectivity index (χ0n) is 17.8. The van der Waals surface area contributed by atoms with Gasteiger partial charge in [-0.25, -0.2) is 9.97 Å². The topological polar surface area (TPSA) is 89.3 Å². The van der Waals surface area contributed by atoms with Crippen molar-refractivity contribution in [3.05, 3.63) is 30.6 Å². The normalized spacial score (nSPS) is 17.8. The third-order valence-corrected chi connectivity index (χ3v) is 6.36. The molecule has 5 rings (SSSR count). The lowest BCUT2D eigenvalue weighted by Gasteiger charge is -2.37. The molecule has 1 saturated heterocycles. The number of rotatable bonds is 4. The number of benzene rings is 1. The molecule has 0 bridgehead atoms. The number of nitrogens with zero attached hydrogens (tertiary/aromatic N) is 7. The average Bonchev–Trinajstić information content (AvgIpc) is 3.29. The molecule has 2 fully saturated rings. The minimum atomic E-state index is 0.216. The Bertz CT molecular complexity index is 1070. The van der Waals surface area contributed by atoms with Gasteiger partial charge in [0.2, 0.25) is 5.91 Å². The zero-order valence-corrected chi connectivity index (χ0v) is 17.8. The van der Waals surface area contributed by atoms with E-state index in [0.717, 1.165) is 43.2 Å². The van der Waals surface area contributed by atoms with Crippen LogP contribution in [0.4, 0.5) is 5.82 Å². The van der Waals surface area contributed by atoms with Gasteiger partial charge in [0.1, 0.15) is 12.1 Å². The summed E-state index contributed by atoms with van der Waals surface area (Å²) in [5.41, 5.74) is 2.14. The van der Waals surface area contributed by atoms with Crippen molar-refractivity contribution in [2.24, 2.45) is 5.92 Å². The number of hydrogen-bond acceptors (Lipinski definition) is 7. The molecular weight excluding hydrogens is 394 g/mol. The second kappa shape index (κ2) is 8.49. The maximum absolute atomic E-state index is 12.9. The maximum Gasteiger partial charge on any atom is 0.225 e. The number of hydrogen-bond donors (Lipinski definition) is 0. The number of ether oxygens (including phenoxy) is 1. The van der Waals surface area contributed by atoms with Gasteiger partial charge in [-0.2, -0.15) is 4.68 Å². The summed E-state index contributed by atoms with van der Waals surface area (Å²) in [5, 5.41) is 8.70. The van der Waals surface area contributed by atoms with E-state index < -0.39 is 0 Å². The summed E-state index contributed by atoms with van der Waals surface area (Å²) in [6, 6.07) is 7.63. The highest BCUT2D eigenvalue weighted by Gasteiger charge is 2.29. The standard InChI is InChI=1S/C22H27N7O2/c1-31-18-9-5-8-17(14-18)29-21-19(25-26-29)20(23-15-24-21)27-10-12-28(13-11-27)22(30)16-6-3-2-4-7-16/h5,8-9,14-16H,2-4,6-7,10-13H2,1H3. The molecule has 1 aromatic carbocycles. The quantitative estimate of drug-likeness (QED) is 0.639. The molecule has 1 saturated carbocycles. The summed E-state index contributed by atoms with van der Waals surface area (Å²) in [5.74, 6) is 2.06. The van der Waals surface area contributed by atoms with E-state index in [-0.39, 0.29) is 5.92 Å². The summed E-state index contributed by atoms with van der Waals surface area (Å²) in [6.45, 7) is 2.89. The fourth-order valence-corrected chi connectivity index (χ4v) is 4.63. The van der Waals surface area contributed by atoms with Gasteiger partial charge in [0.25, 0.3) is 0 Å². The molecule has 2 aromatic heterocycles. The van der Waals surface area contributed by atoms with Gasteiger partial charge in [-0.3, -0.25) is 4.79 Å². The van der Waals surface area contributed by atoms with Crippen LogP contribution < -0.4 is 9.64 Å². The van der Waals surface area contributed by atoms with Crippen LogP contribution in [0.3, 0.4) is 0 Å². The molecule has 0 N–H and O–H groups in total. The Labute approximate surface area is 181 Å². The number of aromatic nitrogens is 5. The number of fused-ring (bicyclic) bond motifs is 1. The first-order chi connectivity index (χ1) is 15.2. The van der Waals surface area contributed by atoms with Crippen molar-refractivity contribution in [1.29, 1.82) is 0 Å². The Hall–Kier alpha value is -3.23. The number of carbonyl (C=O) groups is 1. The fraction of sp³-hybridized carbons (Fsp3) is 0.500. The molecule has 0 radical (unpaired) electrons. The summed E-state index contributed by atoms with van der Waals surface area (Å²) in [4.78, 5) is 26.0. The molecule has 9 heteroatoms. The monoisotopic (exact) mass is 421 g/mol. The molecule has 0 spiro atoms. The van der Waals surface area contributed by atoms with Crippen LogP contribution >= 0.6 is 0 Å². The predicted molar refractivity (Wildman–Crippen MR) is 116 cm³/mol. The van der Waals surface area contributed by atoms with Gasteiger partial charge in [0.05, 0.1) is 12.8 Å². The van der Waals surface area contributed by atoms with Crippen LogP contribution in [0, 0.1) is 5.92 Å². The Morgan fingerprint density at radius 2 is 1.87 bits per heavy atom. The molecule has 1 amide bonds. The van der Waals surface area contributed by atoms with Crippen LogP contribution in [0.5, 0.6) is 5.75 Å². The van der Waals surface area contributed by atoms with Crippen molar-refractivity contribution in [2.45, 2.75) is 32.1 Å². The first-order valence-electron chi connectivity index (χ1n) is 11.0. The smallest absolute Gasteiger partial charge is 0.225 e. The van der Waals surface area contributed by atoms with E-state index in [2.05, 4.69) is 25.2 Å². The van der Waals surface area contributed by atoms with Gasteiger partial charge >= 0.3 is 0 Å². The van der Waals surface area contributed by atoms with Gasteiger partial charge in [0, 0.05) is 38.2 Å². The van der Waals surface area contributed by atoms with Crippen LogP contribution in [-0.4, -0.2) is 69.1 Å². The lowest BCUT2D eigenvalue weighted by molar-refractivity contribution is -0.136. The molecule has 9 nitrogen and oxygen atoms in total. The van der Waals surface area contributed by atoms with Crippen LogP contribution in [0.2, 0.25) is 0 Å². The summed E-state index contributed by atoms with van der Waals surface area (Å²) < 4.78 is 7.02. The van der Waals surface area contributed by atoms with Crippen molar-refractivity contribution < 1.29 is 9.53 Å². The highest BCUT2D eigenvalue weighted by atomic mass is 16.5. The summed E-state index contributed by atoms with van der Waals surface area (Å²) in [6.07, 6.45) is 7.25. The van der Waals surface area contributed by atoms with Crippen molar-refractivity contribution in [1.82, 2.24) is 29.9 Å². The first-order valence-corrected chi connectivity index (χ1v) is 11.0. The van der Waals surface area contributed by atoms with E-state index in [1.807, 2.05) is 29.2 Å². The Morgan fingerprint density at radius 3 is 2.65 bits per heavy atom. The van der Waals surface area contributed by atoms with Crippen LogP contribution in [-0.2, 0) is 4.79 Å². The van der Waals surface area contributed by atoms with E-state index in [1.54, 1.807) is 18.1 Å². The minimum Gasteiger partial charge on any atom is -0.497 e. The zero-order chi connectivity index (χ0) is 21.2. The van der Waals surface area contributed by atoms with Gasteiger partial charge in [-0.05, 0) is 25.0 Å². The van der Waals surface area contributed by atoms with E-state index in [4.69, 9.17) is 4.74 Å². The molecular formula is C22H27N7O2. The number of methoxy groups -OCH3 is 1. The number of piperazine rings is 1. The van der Waals surface area contributed by atoms with Crippen molar-refractivity contribution in [2.75, 3.05) is 38.2 Å². The van der Waals surface area contributed by atoms with Crippen LogP contribution in [0.25, 0.3) is 16.9 Å². The minimum absolute atomic E-state index is 0.216. The highest BCUT2D eigenvalue weighted by molar-refractivity contribution is 5.84. The Morgan fingerprint density at radius 1 is 1.06 bits per heavy atom. The lowest BCUT2D eigenvalue weighted by atomic mass is 9.88. The van der Waals surface area contributed by atoms with E-state index in [1.165, 1.54) is 19.3 Å². The third-order valence-electron chi connectivity index (χ3n) is 6.36. The molecule has 3 heterocycles. The molecule has 3 aromatic rings. The fourth-order valence-electron chi connectivity index (χ4n) is 4.63. The second-order valence-corrected chi connectivity index (χ2v) is 8.22. The molecule has 2 aliphatic rings. The van der Waals surface area contributed by atoms with E-state index in [9.17, 15) is 4.79 Å². The molecule has 1 aliphatic carbocycles. The van der Waals surface area contributed by atoms with Gasteiger partial charge < -0.3 is 14.5 Å². The SMILES string of the molecule is COc1cccc(-n2nnc3c(N4CCN(C(=O)C5CCCCC5)CC4)ncnc32)c1. The van der Waals surface area contributed by atoms with Crippen LogP contribution in [0.1, 0.15) is 32.1 Å². The van der Waals surface area contributed by atoms with Gasteiger partial charge in [-0.1, -0.05) is 30.5 Å². The first kappa shape index (κ1) is 19.7. The van der Waals surface area contributed by atoms with Crippen molar-refractivity contribution >= 4 is 22.9 Å². The number of carbonyl (C=O) groups excluding carboxylic acids is 1. The Balaban J connectivity index is 1.34. The molecule has 0 atom stereocenters. The number of anilines is 1. The molecule has 31 heavy (non-hydrogen) atoms. The van der Waals surface area contributed by atoms with Gasteiger partial charge in [0.15, 0.2) is 17.0 Å². The summed E-state index contributed by atoms with van der Waals surface area (Å²) in [7, 11) is 1.64. The third kappa shape index (κ3) is 3.80. The van der Waals surface area contributed by atoms with E-state index in [0.29, 0.717) is 30.2 Å². The molecule has 0 unspecified atom stereocenters. The largest absolute Gasteiger partial charge is 0.497 e. The highest BCUT2D eigenvalue weighted by Crippen LogP contribution is 2.28. The predicted octanol–water partition coefficient (Wildman–Crippen LogP) is 2.45. The van der Waals surface area contributed by atoms with Crippen molar-refractivity contribution in [3.8, 4) is 11.4 Å². The maximum atomic E-state index is 12.9. The second-order valence-electron chi connectivity index (χ2n) is 8.22. The average molecular weight is 422 g/mol. The lowest BCUT2D eigenvalue weighted by Crippen LogP contribution is -2.50. The molecule has 1 aliphatic heterocycles. The molecule has 162 valence electrons. The van der Waals surface area contributed by atoms with Gasteiger partial charge in [-0.15, -0.1) is 5.10 Å². The summed E-state index contributed by atoms with van der Waals surface area (Å²) >= 11 is 0.